The average molecular weight is 405 g/mol. The van der Waals surface area contributed by atoms with E-state index < -0.39 is 0 Å². The van der Waals surface area contributed by atoms with Crippen LogP contribution in [0.1, 0.15) is 85.0 Å². The van der Waals surface area contributed by atoms with Gasteiger partial charge in [0.2, 0.25) is 0 Å². The smallest absolute Gasteiger partial charge is 0.305 e. The SMILES string of the molecule is COC(=O)CC[C@@H](C)[C@H]1CCC2[C@@H]3C(=O)C[C@@H]4C[C@H](O)CC[C@]4(C)C3CC[C@@]21C. The van der Waals surface area contributed by atoms with Gasteiger partial charge in [0.05, 0.1) is 13.2 Å². The van der Waals surface area contributed by atoms with Crippen molar-refractivity contribution < 1.29 is 19.4 Å². The molecule has 0 saturated heterocycles. The molecule has 4 aliphatic carbocycles. The largest absolute Gasteiger partial charge is 0.469 e. The van der Waals surface area contributed by atoms with Gasteiger partial charge in [-0.05, 0) is 91.8 Å². The predicted molar refractivity (Wildman–Crippen MR) is 112 cm³/mol. The van der Waals surface area contributed by atoms with Crippen LogP contribution < -0.4 is 0 Å². The number of ether oxygens (including phenoxy) is 1. The van der Waals surface area contributed by atoms with Gasteiger partial charge in [-0.3, -0.25) is 9.59 Å². The summed E-state index contributed by atoms with van der Waals surface area (Å²) in [5.74, 6) is 3.08. The topological polar surface area (TPSA) is 63.6 Å². The number of Topliss-reactive ketones (excluding diaryl/α,β-unsaturated/α-hetero) is 1. The Bertz CT molecular complexity index is 659. The molecule has 0 spiro atoms. The Morgan fingerprint density at radius 1 is 1.14 bits per heavy atom. The quantitative estimate of drug-likeness (QED) is 0.685. The van der Waals surface area contributed by atoms with Crippen LogP contribution in [0, 0.1) is 46.3 Å². The van der Waals surface area contributed by atoms with Crippen LogP contribution in [0.2, 0.25) is 0 Å². The van der Waals surface area contributed by atoms with E-state index in [-0.39, 0.29) is 28.8 Å². The minimum Gasteiger partial charge on any atom is -0.469 e. The van der Waals surface area contributed by atoms with Crippen LogP contribution in [0.4, 0.5) is 0 Å². The Morgan fingerprint density at radius 2 is 1.83 bits per heavy atom. The molecule has 0 aliphatic heterocycles. The molecule has 0 heterocycles. The van der Waals surface area contributed by atoms with E-state index in [1.165, 1.54) is 26.4 Å². The zero-order valence-corrected chi connectivity index (χ0v) is 18.8. The zero-order chi connectivity index (χ0) is 21.0. The molecule has 4 fully saturated rings. The van der Waals surface area contributed by atoms with Gasteiger partial charge in [-0.25, -0.2) is 0 Å². The summed E-state index contributed by atoms with van der Waals surface area (Å²) in [6, 6.07) is 0. The summed E-state index contributed by atoms with van der Waals surface area (Å²) in [7, 11) is 1.47. The molecule has 1 N–H and O–H groups in total. The van der Waals surface area contributed by atoms with Crippen LogP contribution in [-0.4, -0.2) is 30.1 Å². The highest BCUT2D eigenvalue weighted by atomic mass is 16.5. The summed E-state index contributed by atoms with van der Waals surface area (Å²) in [6.07, 6.45) is 9.40. The number of methoxy groups -OCH3 is 1. The van der Waals surface area contributed by atoms with E-state index in [4.69, 9.17) is 4.74 Å². The first-order chi connectivity index (χ1) is 13.7. The van der Waals surface area contributed by atoms with E-state index >= 15 is 0 Å². The summed E-state index contributed by atoms with van der Waals surface area (Å²) < 4.78 is 4.85. The minimum atomic E-state index is -0.210. The van der Waals surface area contributed by atoms with Crippen molar-refractivity contribution in [3.8, 4) is 0 Å². The molecular formula is C25H40O4. The highest BCUT2D eigenvalue weighted by Crippen LogP contribution is 2.67. The number of esters is 1. The maximum absolute atomic E-state index is 13.4. The van der Waals surface area contributed by atoms with Crippen LogP contribution in [0.25, 0.3) is 0 Å². The number of hydrogen-bond donors (Lipinski definition) is 1. The number of carbonyl (C=O) groups is 2. The van der Waals surface area contributed by atoms with Crippen LogP contribution in [0.5, 0.6) is 0 Å². The van der Waals surface area contributed by atoms with Gasteiger partial charge < -0.3 is 9.84 Å². The molecule has 29 heavy (non-hydrogen) atoms. The molecule has 4 aliphatic rings. The average Bonchev–Trinajstić information content (AvgIpc) is 3.04. The van der Waals surface area contributed by atoms with Gasteiger partial charge in [-0.2, -0.15) is 0 Å². The third-order valence-electron chi connectivity index (χ3n) is 10.2. The van der Waals surface area contributed by atoms with Crippen molar-refractivity contribution in [2.75, 3.05) is 7.11 Å². The lowest BCUT2D eigenvalue weighted by Crippen LogP contribution is -2.57. The summed E-state index contributed by atoms with van der Waals surface area (Å²) in [4.78, 5) is 25.0. The van der Waals surface area contributed by atoms with Gasteiger partial charge in [0.15, 0.2) is 0 Å². The van der Waals surface area contributed by atoms with Gasteiger partial charge in [0, 0.05) is 18.8 Å². The fourth-order valence-electron chi connectivity index (χ4n) is 8.53. The molecular weight excluding hydrogens is 364 g/mol. The van der Waals surface area contributed by atoms with Gasteiger partial charge >= 0.3 is 5.97 Å². The van der Waals surface area contributed by atoms with Crippen molar-refractivity contribution in [2.45, 2.75) is 91.1 Å². The molecule has 4 saturated carbocycles. The summed E-state index contributed by atoms with van der Waals surface area (Å²) in [6.45, 7) is 7.18. The second-order valence-corrected chi connectivity index (χ2v) is 11.4. The molecule has 0 aromatic rings. The van der Waals surface area contributed by atoms with Crippen LogP contribution >= 0.6 is 0 Å². The molecule has 9 atom stereocenters. The normalized spacial score (nSPS) is 47.7. The first-order valence-corrected chi connectivity index (χ1v) is 12.0. The van der Waals surface area contributed by atoms with Gasteiger partial charge in [0.1, 0.15) is 5.78 Å². The highest BCUT2D eigenvalue weighted by Gasteiger charge is 2.62. The molecule has 0 aromatic carbocycles. The number of carbonyl (C=O) groups excluding carboxylic acids is 2. The summed E-state index contributed by atoms with van der Waals surface area (Å²) >= 11 is 0. The van der Waals surface area contributed by atoms with E-state index in [0.29, 0.717) is 48.2 Å². The van der Waals surface area contributed by atoms with Crippen molar-refractivity contribution in [3.63, 3.8) is 0 Å². The zero-order valence-electron chi connectivity index (χ0n) is 18.8. The van der Waals surface area contributed by atoms with Crippen LogP contribution in [0.15, 0.2) is 0 Å². The third kappa shape index (κ3) is 3.38. The molecule has 164 valence electrons. The number of hydrogen-bond acceptors (Lipinski definition) is 4. The second-order valence-electron chi connectivity index (χ2n) is 11.4. The lowest BCUT2D eigenvalue weighted by molar-refractivity contribution is -0.160. The Balaban J connectivity index is 1.53. The van der Waals surface area contributed by atoms with Crippen molar-refractivity contribution in [3.05, 3.63) is 0 Å². The lowest BCUT2D eigenvalue weighted by Gasteiger charge is -2.60. The van der Waals surface area contributed by atoms with Gasteiger partial charge in [-0.1, -0.05) is 20.8 Å². The molecule has 4 heteroatoms. The van der Waals surface area contributed by atoms with Gasteiger partial charge in [0.25, 0.3) is 0 Å². The molecule has 0 radical (unpaired) electrons. The number of rotatable bonds is 4. The Hall–Kier alpha value is -0.900. The highest BCUT2D eigenvalue weighted by molar-refractivity contribution is 5.83. The standard InChI is InChI=1S/C25H40O4/c1-15(5-8-22(28)29-4)18-6-7-19-23-20(10-12-25(18,19)3)24(2)11-9-17(26)13-16(24)14-21(23)27/h15-20,23,26H,5-14H2,1-4H3/t15-,16+,17-,18-,19?,20?,23+,24+,25-/m1/s1. The molecule has 0 amide bonds. The van der Waals surface area contributed by atoms with Gasteiger partial charge in [-0.15, -0.1) is 0 Å². The predicted octanol–water partition coefficient (Wildman–Crippen LogP) is 4.77. The van der Waals surface area contributed by atoms with E-state index in [2.05, 4.69) is 20.8 Å². The maximum Gasteiger partial charge on any atom is 0.305 e. The second kappa shape index (κ2) is 7.66. The Labute approximate surface area is 176 Å². The third-order valence-corrected chi connectivity index (χ3v) is 10.2. The first-order valence-electron chi connectivity index (χ1n) is 12.0. The number of fused-ring (bicyclic) bond motifs is 5. The van der Waals surface area contributed by atoms with Crippen LogP contribution in [-0.2, 0) is 14.3 Å². The number of aliphatic hydroxyl groups excluding tert-OH is 1. The van der Waals surface area contributed by atoms with Crippen molar-refractivity contribution in [1.29, 1.82) is 0 Å². The fourth-order valence-corrected chi connectivity index (χ4v) is 8.53. The lowest BCUT2D eigenvalue weighted by atomic mass is 9.44. The van der Waals surface area contributed by atoms with E-state index in [1.807, 2.05) is 0 Å². The van der Waals surface area contributed by atoms with Crippen molar-refractivity contribution in [1.82, 2.24) is 0 Å². The minimum absolute atomic E-state index is 0.110. The Kier molecular flexibility index (Phi) is 5.63. The van der Waals surface area contributed by atoms with Crippen molar-refractivity contribution in [2.24, 2.45) is 46.3 Å². The number of aliphatic hydroxyl groups is 1. The van der Waals surface area contributed by atoms with E-state index in [0.717, 1.165) is 32.1 Å². The monoisotopic (exact) mass is 404 g/mol. The number of ketones is 1. The molecule has 0 aromatic heterocycles. The van der Waals surface area contributed by atoms with Crippen molar-refractivity contribution >= 4 is 11.8 Å². The van der Waals surface area contributed by atoms with Crippen LogP contribution in [0.3, 0.4) is 0 Å². The van der Waals surface area contributed by atoms with E-state index in [9.17, 15) is 14.7 Å². The molecule has 0 bridgehead atoms. The first kappa shape index (κ1) is 21.3. The maximum atomic E-state index is 13.4. The fraction of sp³-hybridized carbons (Fsp3) is 0.920. The summed E-state index contributed by atoms with van der Waals surface area (Å²) in [5, 5.41) is 10.2. The summed E-state index contributed by atoms with van der Waals surface area (Å²) in [5.41, 5.74) is 0.456. The Morgan fingerprint density at radius 3 is 2.55 bits per heavy atom. The molecule has 2 unspecified atom stereocenters. The molecule has 4 nitrogen and oxygen atoms in total. The van der Waals surface area contributed by atoms with E-state index in [1.54, 1.807) is 0 Å². The molecule has 4 rings (SSSR count).